The van der Waals surface area contributed by atoms with Gasteiger partial charge in [0.25, 0.3) is 0 Å². The zero-order chi connectivity index (χ0) is 38.1. The average molecular weight is 733 g/mol. The van der Waals surface area contributed by atoms with Crippen LogP contribution in [-0.2, 0) is 27.3 Å². The van der Waals surface area contributed by atoms with Gasteiger partial charge >= 0.3 is 6.09 Å². The second-order valence-corrected chi connectivity index (χ2v) is 17.7. The minimum atomic E-state index is -0.565. The molecule has 5 heterocycles. The summed E-state index contributed by atoms with van der Waals surface area (Å²) < 4.78 is 17.8. The third kappa shape index (κ3) is 6.71. The number of carbonyl (C=O) groups excluding carboxylic acids is 2. The van der Waals surface area contributed by atoms with Crippen LogP contribution in [0.5, 0.6) is 5.75 Å². The van der Waals surface area contributed by atoms with Crippen molar-refractivity contribution >= 4 is 34.6 Å². The SMILES string of the molecule is COC[C@H]1C[C@@H](C2=NC3=C(C2)c2cc4c(cc2CC3)-c2ccc(C3=CN=C([C@@H]5CC[C@H](C)N5C(=O)[C@@H](C)C(C)C)C3)cc2CO4)N(C(=O)OC(C)(C)C)C1. The molecule has 2 fully saturated rings. The molecule has 2 aromatic rings. The highest BCUT2D eigenvalue weighted by atomic mass is 16.6. The number of fused-ring (bicyclic) bond motifs is 5. The largest absolute Gasteiger partial charge is 0.488 e. The van der Waals surface area contributed by atoms with Crippen LogP contribution in [0.1, 0.15) is 109 Å². The van der Waals surface area contributed by atoms with Crippen LogP contribution >= 0.6 is 0 Å². The van der Waals surface area contributed by atoms with Crippen LogP contribution in [0.25, 0.3) is 22.3 Å². The van der Waals surface area contributed by atoms with E-state index in [1.165, 1.54) is 39.0 Å². The van der Waals surface area contributed by atoms with Crippen LogP contribution in [0.3, 0.4) is 0 Å². The van der Waals surface area contributed by atoms with E-state index in [2.05, 4.69) is 62.9 Å². The Bertz CT molecular complexity index is 2000. The molecule has 2 saturated heterocycles. The molecule has 6 aliphatic rings. The van der Waals surface area contributed by atoms with Crippen molar-refractivity contribution in [2.75, 3.05) is 20.3 Å². The van der Waals surface area contributed by atoms with Crippen LogP contribution in [-0.4, -0.2) is 77.2 Å². The molecule has 54 heavy (non-hydrogen) atoms. The van der Waals surface area contributed by atoms with E-state index >= 15 is 0 Å². The fraction of sp³-hybridized carbons (Fsp3) is 0.556. The zero-order valence-electron chi connectivity index (χ0n) is 33.3. The van der Waals surface area contributed by atoms with Crippen molar-refractivity contribution in [1.29, 1.82) is 0 Å². The number of rotatable bonds is 7. The molecule has 9 heteroatoms. The lowest BCUT2D eigenvalue weighted by atomic mass is 9.83. The van der Waals surface area contributed by atoms with Gasteiger partial charge in [0.05, 0.1) is 18.7 Å². The fourth-order valence-corrected chi connectivity index (χ4v) is 9.39. The summed E-state index contributed by atoms with van der Waals surface area (Å²) in [6.45, 7) is 16.0. The number of hydrogen-bond donors (Lipinski definition) is 0. The van der Waals surface area contributed by atoms with Crippen molar-refractivity contribution in [1.82, 2.24) is 9.80 Å². The molecule has 0 bridgehead atoms. The van der Waals surface area contributed by atoms with Crippen molar-refractivity contribution in [3.05, 3.63) is 64.5 Å². The molecule has 0 unspecified atom stereocenters. The number of benzene rings is 2. The first-order valence-corrected chi connectivity index (χ1v) is 20.1. The highest BCUT2D eigenvalue weighted by Gasteiger charge is 2.43. The van der Waals surface area contributed by atoms with Crippen LogP contribution in [0.2, 0.25) is 0 Å². The number of aliphatic imine (C=N–C) groups is 2. The number of nitrogens with zero attached hydrogens (tertiary/aromatic N) is 4. The van der Waals surface area contributed by atoms with Gasteiger partial charge in [-0.05, 0) is 123 Å². The van der Waals surface area contributed by atoms with E-state index in [9.17, 15) is 9.59 Å². The smallest absolute Gasteiger partial charge is 0.410 e. The standard InChI is InChI=1S/C45H56N4O5/c1-25(2)27(4)43(50)49-26(3)9-14-40(49)38-18-31(21-46-38)29-10-12-33-32(16-29)24-53-42-20-34-30(17-36(33)42)11-13-37-35(34)19-39(47-37)41-15-28(23-52-8)22-48(41)44(51)54-45(5,6)7/h10,12,16-17,20-21,25-28,40-41H,9,11,13-15,18-19,22-24H2,1-8H3/t26-,27-,28-,40-,41-/m0/s1. The minimum Gasteiger partial charge on any atom is -0.488 e. The molecular weight excluding hydrogens is 677 g/mol. The van der Waals surface area contributed by atoms with Gasteiger partial charge < -0.3 is 19.1 Å². The monoisotopic (exact) mass is 732 g/mol. The van der Waals surface area contributed by atoms with Crippen LogP contribution < -0.4 is 4.74 Å². The summed E-state index contributed by atoms with van der Waals surface area (Å²) in [6, 6.07) is 11.5. The van der Waals surface area contributed by atoms with E-state index in [4.69, 9.17) is 24.2 Å². The lowest BCUT2D eigenvalue weighted by Crippen LogP contribution is -2.46. The molecule has 1 aliphatic carbocycles. The van der Waals surface area contributed by atoms with Gasteiger partial charge in [-0.2, -0.15) is 0 Å². The van der Waals surface area contributed by atoms with Crippen molar-refractivity contribution < 1.29 is 23.8 Å². The number of ether oxygens (including phenoxy) is 3. The van der Waals surface area contributed by atoms with Gasteiger partial charge in [0.15, 0.2) is 0 Å². The van der Waals surface area contributed by atoms with Crippen molar-refractivity contribution in [3.63, 3.8) is 0 Å². The molecule has 0 radical (unpaired) electrons. The molecule has 0 saturated carbocycles. The van der Waals surface area contributed by atoms with Crippen LogP contribution in [0, 0.1) is 17.8 Å². The first-order valence-electron chi connectivity index (χ1n) is 20.1. The molecule has 5 aliphatic heterocycles. The number of carbonyl (C=O) groups is 2. The third-order valence-electron chi connectivity index (χ3n) is 12.6. The first-order chi connectivity index (χ1) is 25.8. The molecule has 5 atom stereocenters. The molecule has 2 amide bonds. The number of methoxy groups -OCH3 is 1. The van der Waals surface area contributed by atoms with Gasteiger partial charge in [-0.1, -0.05) is 32.9 Å². The average Bonchev–Trinajstić information content (AvgIpc) is 3.95. The maximum Gasteiger partial charge on any atom is 0.410 e. The number of amides is 2. The lowest BCUT2D eigenvalue weighted by Gasteiger charge is -2.32. The highest BCUT2D eigenvalue weighted by molar-refractivity contribution is 6.05. The fourth-order valence-electron chi connectivity index (χ4n) is 9.39. The van der Waals surface area contributed by atoms with Crippen molar-refractivity contribution in [2.45, 2.75) is 124 Å². The second kappa shape index (κ2) is 14.1. The minimum absolute atomic E-state index is 0.00224. The summed E-state index contributed by atoms with van der Waals surface area (Å²) >= 11 is 0. The van der Waals surface area contributed by atoms with E-state index in [1.807, 2.05) is 31.9 Å². The van der Waals surface area contributed by atoms with E-state index in [0.29, 0.717) is 25.7 Å². The number of allylic oxidation sites excluding steroid dienone is 3. The second-order valence-electron chi connectivity index (χ2n) is 17.7. The Morgan fingerprint density at radius 3 is 2.54 bits per heavy atom. The topological polar surface area (TPSA) is 93.0 Å². The number of aryl methyl sites for hydroxylation is 1. The zero-order valence-corrected chi connectivity index (χ0v) is 33.3. The highest BCUT2D eigenvalue weighted by Crippen LogP contribution is 2.47. The summed E-state index contributed by atoms with van der Waals surface area (Å²) in [5.74, 6) is 1.73. The number of likely N-dealkylation sites (tertiary alicyclic amines) is 2. The Labute approximate surface area is 320 Å². The van der Waals surface area contributed by atoms with Gasteiger partial charge in [0, 0.05) is 73.3 Å². The maximum absolute atomic E-state index is 13.5. The van der Waals surface area contributed by atoms with Gasteiger partial charge in [-0.25, -0.2) is 4.79 Å². The van der Waals surface area contributed by atoms with Crippen molar-refractivity contribution in [2.24, 2.45) is 27.7 Å². The predicted octanol–water partition coefficient (Wildman–Crippen LogP) is 8.88. The molecular formula is C45H56N4O5. The van der Waals surface area contributed by atoms with Gasteiger partial charge in [-0.3, -0.25) is 19.7 Å². The van der Waals surface area contributed by atoms with E-state index in [-0.39, 0.29) is 42.0 Å². The lowest BCUT2D eigenvalue weighted by molar-refractivity contribution is -0.137. The molecule has 2 aromatic carbocycles. The van der Waals surface area contributed by atoms with Gasteiger partial charge in [-0.15, -0.1) is 0 Å². The Balaban J connectivity index is 0.980. The van der Waals surface area contributed by atoms with Crippen molar-refractivity contribution in [3.8, 4) is 16.9 Å². The summed E-state index contributed by atoms with van der Waals surface area (Å²) in [5.41, 5.74) is 12.5. The van der Waals surface area contributed by atoms with Gasteiger partial charge in [0.1, 0.15) is 18.0 Å². The molecule has 286 valence electrons. The first kappa shape index (κ1) is 36.7. The van der Waals surface area contributed by atoms with Crippen LogP contribution in [0.4, 0.5) is 4.79 Å². The molecule has 0 spiro atoms. The molecule has 0 N–H and O–H groups in total. The Morgan fingerprint density at radius 1 is 0.963 bits per heavy atom. The summed E-state index contributed by atoms with van der Waals surface area (Å²) in [6.07, 6.45) is 7.85. The van der Waals surface area contributed by atoms with E-state index < -0.39 is 5.60 Å². The summed E-state index contributed by atoms with van der Waals surface area (Å²) in [7, 11) is 1.72. The van der Waals surface area contributed by atoms with E-state index in [0.717, 1.165) is 73.4 Å². The Morgan fingerprint density at radius 2 is 1.78 bits per heavy atom. The predicted molar refractivity (Wildman–Crippen MR) is 214 cm³/mol. The molecule has 0 aromatic heterocycles. The third-order valence-corrected chi connectivity index (χ3v) is 12.6. The summed E-state index contributed by atoms with van der Waals surface area (Å²) in [5, 5.41) is 0. The quantitative estimate of drug-likeness (QED) is 0.284. The molecule has 8 rings (SSSR count). The summed E-state index contributed by atoms with van der Waals surface area (Å²) in [4.78, 5) is 41.0. The normalized spacial score (nSPS) is 25.1. The Hall–Kier alpha value is -4.24. The number of hydrogen-bond acceptors (Lipinski definition) is 7. The van der Waals surface area contributed by atoms with Gasteiger partial charge in [0.2, 0.25) is 5.91 Å². The van der Waals surface area contributed by atoms with E-state index in [1.54, 1.807) is 7.11 Å². The molecule has 9 nitrogen and oxygen atoms in total. The maximum atomic E-state index is 13.5. The van der Waals surface area contributed by atoms with Crippen LogP contribution in [0.15, 0.2) is 52.2 Å². The Kier molecular flexibility index (Phi) is 9.60.